The van der Waals surface area contributed by atoms with Crippen LogP contribution in [0.25, 0.3) is 109 Å². The van der Waals surface area contributed by atoms with Gasteiger partial charge in [-0.2, -0.15) is 0 Å². The van der Waals surface area contributed by atoms with Crippen LogP contribution in [0.2, 0.25) is 0 Å². The molecule has 0 bridgehead atoms. The van der Waals surface area contributed by atoms with Crippen molar-refractivity contribution in [1.29, 1.82) is 0 Å². The third-order valence-electron chi connectivity index (χ3n) is 9.56. The maximum Gasteiger partial charge on any atom is 0.164 e. The topological polar surface area (TPSA) is 38.7 Å². The lowest BCUT2D eigenvalue weighted by Crippen LogP contribution is -2.00. The van der Waals surface area contributed by atoms with Gasteiger partial charge >= 0.3 is 0 Å². The van der Waals surface area contributed by atoms with Crippen LogP contribution >= 0.6 is 11.3 Å². The molecule has 0 unspecified atom stereocenters. The number of nitrogens with zero attached hydrogens (tertiary/aromatic N) is 3. The lowest BCUT2D eigenvalue weighted by molar-refractivity contribution is 1.07. The highest BCUT2D eigenvalue weighted by atomic mass is 32.1. The first kappa shape index (κ1) is 19.9. The summed E-state index contributed by atoms with van der Waals surface area (Å²) in [4.78, 5) is 14.4. The molecule has 0 aliphatic heterocycles. The highest BCUT2D eigenvalue weighted by Crippen LogP contribution is 2.39. The maximum absolute atomic E-state index is 9.68. The molecule has 11 aromatic rings. The molecule has 55 heavy (non-hydrogen) atoms. The number of fused-ring (bicyclic) bond motifs is 9. The van der Waals surface area contributed by atoms with Gasteiger partial charge in [-0.05, 0) is 72.7 Å². The molecule has 9 aromatic carbocycles. The Morgan fingerprint density at radius 1 is 0.327 bits per heavy atom. The van der Waals surface area contributed by atoms with Crippen LogP contribution in [0.4, 0.5) is 0 Å². The molecule has 0 radical (unpaired) electrons. The molecule has 4 heteroatoms. The van der Waals surface area contributed by atoms with E-state index in [0.29, 0.717) is 11.1 Å². The van der Waals surface area contributed by atoms with E-state index in [1.807, 2.05) is 97.1 Å². The fourth-order valence-corrected chi connectivity index (χ4v) is 8.03. The number of hydrogen-bond acceptors (Lipinski definition) is 4. The Hall–Kier alpha value is -7.01. The highest BCUT2D eigenvalue weighted by Gasteiger charge is 2.15. The standard InChI is InChI=1S/C51H31N3S/c1-2-10-32(11-3-1)33-18-22-35(23-19-33)49-52-50(54-51(53-49)38-27-29-45-44-16-8-9-17-47(44)55-48(45)31-38)36-24-20-34(21-25-36)37-26-28-43-41-14-5-4-12-39(41)40-13-6-7-15-42(40)46(43)30-37/h1-31H/i4D,5D,6D,7D,12D,13D,14D,15D,20D,21D,24D,25D,26D,28D,30D. The number of aromatic nitrogens is 3. The van der Waals surface area contributed by atoms with Gasteiger partial charge in [0.05, 0.1) is 20.6 Å². The third kappa shape index (κ3) is 5.46. The quantitative estimate of drug-likeness (QED) is 0.165. The molecule has 2 aromatic heterocycles. The molecule has 11 rings (SSSR count). The molecule has 0 aliphatic rings. The number of thiophene rings is 1. The van der Waals surface area contributed by atoms with Crippen molar-refractivity contribution in [2.45, 2.75) is 0 Å². The van der Waals surface area contributed by atoms with Gasteiger partial charge in [0.15, 0.2) is 17.5 Å². The van der Waals surface area contributed by atoms with Gasteiger partial charge in [-0.3, -0.25) is 0 Å². The van der Waals surface area contributed by atoms with Crippen molar-refractivity contribution in [1.82, 2.24) is 15.0 Å². The van der Waals surface area contributed by atoms with E-state index in [-0.39, 0.29) is 50.0 Å². The molecule has 2 heterocycles. The number of hydrogen-bond donors (Lipinski definition) is 0. The zero-order valence-electron chi connectivity index (χ0n) is 43.5. The molecule has 0 saturated carbocycles. The number of rotatable bonds is 5. The Morgan fingerprint density at radius 3 is 1.53 bits per heavy atom. The Labute approximate surface area is 342 Å². The molecular formula is C51H31N3S. The molecule has 3 nitrogen and oxygen atoms in total. The van der Waals surface area contributed by atoms with Crippen LogP contribution in [-0.2, 0) is 0 Å². The van der Waals surface area contributed by atoms with E-state index in [1.54, 1.807) is 11.3 Å². The molecule has 0 spiro atoms. The van der Waals surface area contributed by atoms with Gasteiger partial charge in [0.25, 0.3) is 0 Å². The van der Waals surface area contributed by atoms with E-state index in [1.165, 1.54) is 0 Å². The van der Waals surface area contributed by atoms with Gasteiger partial charge in [-0.1, -0.05) is 170 Å². The summed E-state index contributed by atoms with van der Waals surface area (Å²) in [6.45, 7) is 0. The van der Waals surface area contributed by atoms with Crippen molar-refractivity contribution in [3.63, 3.8) is 0 Å². The lowest BCUT2D eigenvalue weighted by atomic mass is 9.92. The van der Waals surface area contributed by atoms with Crippen LogP contribution in [0, 0.1) is 0 Å². The van der Waals surface area contributed by atoms with Crippen molar-refractivity contribution in [3.05, 3.63) is 188 Å². The first-order chi connectivity index (χ1) is 33.5. The van der Waals surface area contributed by atoms with E-state index < -0.39 is 107 Å². The van der Waals surface area contributed by atoms with Crippen molar-refractivity contribution in [2.24, 2.45) is 0 Å². The second-order valence-corrected chi connectivity index (χ2v) is 13.9. The molecule has 0 amide bonds. The second-order valence-electron chi connectivity index (χ2n) is 12.8. The van der Waals surface area contributed by atoms with E-state index in [4.69, 9.17) is 25.9 Å². The zero-order chi connectivity index (χ0) is 49.3. The second kappa shape index (κ2) is 12.8. The summed E-state index contributed by atoms with van der Waals surface area (Å²) in [5.41, 5.74) is 1.63. The molecule has 0 saturated heterocycles. The Bertz CT molecular complexity index is 4050. The van der Waals surface area contributed by atoms with E-state index >= 15 is 0 Å². The van der Waals surface area contributed by atoms with Crippen LogP contribution in [0.3, 0.4) is 0 Å². The number of benzene rings is 9. The monoisotopic (exact) mass is 732 g/mol. The normalized spacial score (nSPS) is 15.5. The van der Waals surface area contributed by atoms with Crippen LogP contribution in [-0.4, -0.2) is 15.0 Å². The van der Waals surface area contributed by atoms with E-state index in [9.17, 15) is 9.60 Å². The third-order valence-corrected chi connectivity index (χ3v) is 10.7. The summed E-state index contributed by atoms with van der Waals surface area (Å²) >= 11 is 1.59. The van der Waals surface area contributed by atoms with Gasteiger partial charge in [0.2, 0.25) is 0 Å². The molecule has 256 valence electrons. The van der Waals surface area contributed by atoms with Gasteiger partial charge < -0.3 is 0 Å². The van der Waals surface area contributed by atoms with Gasteiger partial charge in [0.1, 0.15) is 0 Å². The largest absolute Gasteiger partial charge is 0.208 e. The van der Waals surface area contributed by atoms with Crippen LogP contribution in [0.15, 0.2) is 188 Å². The Balaban J connectivity index is 1.17. The average Bonchev–Trinajstić information content (AvgIpc) is 3.75. The molecule has 0 N–H and O–H groups in total. The summed E-state index contributed by atoms with van der Waals surface area (Å²) in [7, 11) is 0. The summed E-state index contributed by atoms with van der Waals surface area (Å²) in [6, 6.07) is 20.5. The predicted molar refractivity (Wildman–Crippen MR) is 232 cm³/mol. The van der Waals surface area contributed by atoms with Crippen molar-refractivity contribution < 1.29 is 20.6 Å². The fourth-order valence-electron chi connectivity index (χ4n) is 6.88. The SMILES string of the molecule is [2H]c1c([2H])c(-c2c([2H])c([2H])c3c4c([2H])c([2H])c([2H])c([2H])c4c4c([2H])c([2H])c([2H])c([2H])c4c3c2[2H])c([2H])c([2H])c1-c1nc(-c2ccc(-c3ccccc3)cc2)nc(-c2ccc3c(c2)sc2ccccc23)n1. The summed E-state index contributed by atoms with van der Waals surface area (Å²) < 4.78 is 138. The minimum Gasteiger partial charge on any atom is -0.208 e. The molecule has 0 aliphatic carbocycles. The molecule has 0 atom stereocenters. The lowest BCUT2D eigenvalue weighted by Gasteiger charge is -2.12. The molecule has 0 fully saturated rings. The van der Waals surface area contributed by atoms with Gasteiger partial charge in [0, 0.05) is 36.9 Å². The summed E-state index contributed by atoms with van der Waals surface area (Å²) in [6.07, 6.45) is 0. The van der Waals surface area contributed by atoms with Crippen molar-refractivity contribution in [3.8, 4) is 56.4 Å². The van der Waals surface area contributed by atoms with E-state index in [2.05, 4.69) is 0 Å². The minimum absolute atomic E-state index is 0.175. The maximum atomic E-state index is 9.68. The Kier molecular flexibility index (Phi) is 4.64. The first-order valence-electron chi connectivity index (χ1n) is 24.8. The highest BCUT2D eigenvalue weighted by molar-refractivity contribution is 7.25. The summed E-state index contributed by atoms with van der Waals surface area (Å²) in [5, 5.41) is -0.0594. The van der Waals surface area contributed by atoms with Gasteiger partial charge in [-0.25, -0.2) is 15.0 Å². The first-order valence-corrected chi connectivity index (χ1v) is 18.1. The van der Waals surface area contributed by atoms with Crippen LogP contribution in [0.1, 0.15) is 20.6 Å². The average molecular weight is 733 g/mol. The summed E-state index contributed by atoms with van der Waals surface area (Å²) in [5.74, 6) is 0.157. The Morgan fingerprint density at radius 2 is 0.818 bits per heavy atom. The van der Waals surface area contributed by atoms with Crippen LogP contribution < -0.4 is 0 Å². The minimum atomic E-state index is -0.778. The van der Waals surface area contributed by atoms with E-state index in [0.717, 1.165) is 31.3 Å². The molecular weight excluding hydrogens is 687 g/mol. The van der Waals surface area contributed by atoms with Crippen LogP contribution in [0.5, 0.6) is 0 Å². The fraction of sp³-hybridized carbons (Fsp3) is 0. The van der Waals surface area contributed by atoms with Crippen molar-refractivity contribution in [2.75, 3.05) is 0 Å². The predicted octanol–water partition coefficient (Wildman–Crippen LogP) is 14.0. The van der Waals surface area contributed by atoms with Gasteiger partial charge in [-0.15, -0.1) is 11.3 Å². The zero-order valence-corrected chi connectivity index (χ0v) is 29.3. The smallest absolute Gasteiger partial charge is 0.164 e. The van der Waals surface area contributed by atoms with Crippen molar-refractivity contribution >= 4 is 63.8 Å².